The summed E-state index contributed by atoms with van der Waals surface area (Å²) in [6.07, 6.45) is 4.22. The van der Waals surface area contributed by atoms with Crippen LogP contribution in [0.4, 0.5) is 5.69 Å². The van der Waals surface area contributed by atoms with Gasteiger partial charge in [0.1, 0.15) is 0 Å². The van der Waals surface area contributed by atoms with E-state index in [1.807, 2.05) is 25.1 Å². The minimum atomic E-state index is -3.18. The van der Waals surface area contributed by atoms with Crippen molar-refractivity contribution in [2.45, 2.75) is 43.5 Å². The van der Waals surface area contributed by atoms with Crippen LogP contribution in [0.15, 0.2) is 29.2 Å². The molecule has 0 saturated heterocycles. The van der Waals surface area contributed by atoms with Crippen molar-refractivity contribution >= 4 is 31.5 Å². The lowest BCUT2D eigenvalue weighted by molar-refractivity contribution is 0.389. The number of anilines is 1. The molecule has 0 N–H and O–H groups in total. The smallest absolute Gasteiger partial charge is 0.180 e. The Bertz CT molecular complexity index is 541. The number of benzene rings is 1. The van der Waals surface area contributed by atoms with Crippen molar-refractivity contribution in [3.63, 3.8) is 0 Å². The molecule has 1 aromatic carbocycles. The number of alkyl halides is 1. The number of sulfone groups is 1. The third-order valence-corrected chi connectivity index (χ3v) is 6.14. The van der Waals surface area contributed by atoms with Gasteiger partial charge in [-0.3, -0.25) is 0 Å². The molecule has 2 rings (SSSR count). The molecule has 0 bridgehead atoms. The predicted molar refractivity (Wildman–Crippen MR) is 87.6 cm³/mol. The molecule has 0 heterocycles. The molecule has 0 amide bonds. The molecular weight excluding hydrogens is 338 g/mol. The van der Waals surface area contributed by atoms with E-state index in [1.54, 1.807) is 6.07 Å². The molecule has 1 aliphatic rings. The highest BCUT2D eigenvalue weighted by Crippen LogP contribution is 2.34. The Morgan fingerprint density at radius 2 is 2.00 bits per heavy atom. The lowest BCUT2D eigenvalue weighted by Gasteiger charge is -2.39. The lowest BCUT2D eigenvalue weighted by atomic mass is 9.91. The van der Waals surface area contributed by atoms with Gasteiger partial charge in [-0.2, -0.15) is 0 Å². The standard InChI is InChI=1S/C15H22BrNO2S/c1-2-12-20(18,19)15-9-4-3-8-14(15)17(11-10-16)13-6-5-7-13/h3-4,8-9,13H,2,5-7,10-12H2,1H3. The largest absolute Gasteiger partial charge is 0.367 e. The predicted octanol–water partition coefficient (Wildman–Crippen LogP) is 3.62. The van der Waals surface area contributed by atoms with Crippen LogP contribution >= 0.6 is 15.9 Å². The minimum absolute atomic E-state index is 0.219. The van der Waals surface area contributed by atoms with Gasteiger partial charge in [-0.1, -0.05) is 35.0 Å². The summed E-state index contributed by atoms with van der Waals surface area (Å²) < 4.78 is 24.9. The van der Waals surface area contributed by atoms with Crippen LogP contribution in [0.3, 0.4) is 0 Å². The maximum atomic E-state index is 12.5. The highest BCUT2D eigenvalue weighted by molar-refractivity contribution is 9.09. The van der Waals surface area contributed by atoms with Crippen molar-refractivity contribution in [3.05, 3.63) is 24.3 Å². The SMILES string of the molecule is CCCS(=O)(=O)c1ccccc1N(CCBr)C1CCC1. The van der Waals surface area contributed by atoms with Crippen molar-refractivity contribution < 1.29 is 8.42 Å². The molecule has 5 heteroatoms. The summed E-state index contributed by atoms with van der Waals surface area (Å²) in [4.78, 5) is 2.76. The van der Waals surface area contributed by atoms with Crippen LogP contribution in [-0.4, -0.2) is 32.1 Å². The number of hydrogen-bond acceptors (Lipinski definition) is 3. The highest BCUT2D eigenvalue weighted by atomic mass is 79.9. The average Bonchev–Trinajstić information content (AvgIpc) is 2.36. The van der Waals surface area contributed by atoms with E-state index in [4.69, 9.17) is 0 Å². The number of para-hydroxylation sites is 1. The van der Waals surface area contributed by atoms with Gasteiger partial charge in [-0.15, -0.1) is 0 Å². The Balaban J connectivity index is 2.39. The molecule has 0 spiro atoms. The van der Waals surface area contributed by atoms with Crippen LogP contribution in [-0.2, 0) is 9.84 Å². The fourth-order valence-corrected chi connectivity index (χ4v) is 4.55. The topological polar surface area (TPSA) is 37.4 Å². The first kappa shape index (κ1) is 15.8. The van der Waals surface area contributed by atoms with Crippen LogP contribution in [0.1, 0.15) is 32.6 Å². The first-order valence-electron chi connectivity index (χ1n) is 7.24. The fourth-order valence-electron chi connectivity index (χ4n) is 2.63. The maximum Gasteiger partial charge on any atom is 0.180 e. The number of halogens is 1. The van der Waals surface area contributed by atoms with Gasteiger partial charge in [0.15, 0.2) is 9.84 Å². The zero-order valence-corrected chi connectivity index (χ0v) is 14.3. The summed E-state index contributed by atoms with van der Waals surface area (Å²) in [6, 6.07) is 7.94. The normalized spacial score (nSPS) is 15.9. The third-order valence-electron chi connectivity index (χ3n) is 3.82. The van der Waals surface area contributed by atoms with E-state index in [0.29, 0.717) is 17.4 Å². The third kappa shape index (κ3) is 3.37. The second-order valence-corrected chi connectivity index (χ2v) is 8.12. The minimum Gasteiger partial charge on any atom is -0.367 e. The summed E-state index contributed by atoms with van der Waals surface area (Å²) >= 11 is 3.48. The van der Waals surface area contributed by atoms with Crippen LogP contribution < -0.4 is 4.90 Å². The molecular formula is C15H22BrNO2S. The van der Waals surface area contributed by atoms with Gasteiger partial charge < -0.3 is 4.90 Å². The number of rotatable bonds is 7. The molecule has 1 aromatic rings. The Morgan fingerprint density at radius 3 is 2.55 bits per heavy atom. The number of hydrogen-bond donors (Lipinski definition) is 0. The van der Waals surface area contributed by atoms with E-state index in [1.165, 1.54) is 6.42 Å². The molecule has 1 saturated carbocycles. The molecule has 0 aromatic heterocycles. The Hall–Kier alpha value is -0.550. The van der Waals surface area contributed by atoms with Crippen LogP contribution in [0, 0.1) is 0 Å². The average molecular weight is 360 g/mol. The van der Waals surface area contributed by atoms with Crippen LogP contribution in [0.25, 0.3) is 0 Å². The summed E-state index contributed by atoms with van der Waals surface area (Å²) in [5.41, 5.74) is 0.880. The Labute approximate surface area is 130 Å². The van der Waals surface area contributed by atoms with E-state index < -0.39 is 9.84 Å². The van der Waals surface area contributed by atoms with Gasteiger partial charge >= 0.3 is 0 Å². The highest BCUT2D eigenvalue weighted by Gasteiger charge is 2.28. The zero-order valence-electron chi connectivity index (χ0n) is 11.9. The van der Waals surface area contributed by atoms with Crippen LogP contribution in [0.2, 0.25) is 0 Å². The first-order valence-corrected chi connectivity index (χ1v) is 10.0. The van der Waals surface area contributed by atoms with E-state index in [0.717, 1.165) is 30.4 Å². The Morgan fingerprint density at radius 1 is 1.30 bits per heavy atom. The van der Waals surface area contributed by atoms with Crippen molar-refractivity contribution in [1.82, 2.24) is 0 Å². The van der Waals surface area contributed by atoms with Crippen molar-refractivity contribution in [3.8, 4) is 0 Å². The Kier molecular flexibility index (Phi) is 5.49. The zero-order chi connectivity index (χ0) is 14.6. The van der Waals surface area contributed by atoms with Gasteiger partial charge in [0, 0.05) is 17.9 Å². The molecule has 1 fully saturated rings. The van der Waals surface area contributed by atoms with Gasteiger partial charge in [0.25, 0.3) is 0 Å². The summed E-state index contributed by atoms with van der Waals surface area (Å²) in [5.74, 6) is 0.219. The van der Waals surface area contributed by atoms with E-state index in [-0.39, 0.29) is 5.75 Å². The van der Waals surface area contributed by atoms with Crippen LogP contribution in [0.5, 0.6) is 0 Å². The molecule has 112 valence electrons. The fraction of sp³-hybridized carbons (Fsp3) is 0.600. The van der Waals surface area contributed by atoms with E-state index >= 15 is 0 Å². The molecule has 1 aliphatic carbocycles. The molecule has 3 nitrogen and oxygen atoms in total. The molecule has 0 atom stereocenters. The van der Waals surface area contributed by atoms with Crippen molar-refractivity contribution in [1.29, 1.82) is 0 Å². The van der Waals surface area contributed by atoms with Gasteiger partial charge in [0.05, 0.1) is 16.3 Å². The van der Waals surface area contributed by atoms with E-state index in [9.17, 15) is 8.42 Å². The van der Waals surface area contributed by atoms with Gasteiger partial charge in [-0.25, -0.2) is 8.42 Å². The maximum absolute atomic E-state index is 12.5. The van der Waals surface area contributed by atoms with Crippen molar-refractivity contribution in [2.75, 3.05) is 22.5 Å². The molecule has 0 radical (unpaired) electrons. The van der Waals surface area contributed by atoms with Crippen molar-refractivity contribution in [2.24, 2.45) is 0 Å². The quantitative estimate of drug-likeness (QED) is 0.697. The second-order valence-electron chi connectivity index (χ2n) is 5.25. The van der Waals surface area contributed by atoms with E-state index in [2.05, 4.69) is 20.8 Å². The summed E-state index contributed by atoms with van der Waals surface area (Å²) in [5, 5.41) is 0.853. The lowest BCUT2D eigenvalue weighted by Crippen LogP contribution is -2.42. The van der Waals surface area contributed by atoms with Gasteiger partial charge in [0.2, 0.25) is 0 Å². The summed E-state index contributed by atoms with van der Waals surface area (Å²) in [7, 11) is -3.18. The number of nitrogens with zero attached hydrogens (tertiary/aromatic N) is 1. The van der Waals surface area contributed by atoms with Gasteiger partial charge in [-0.05, 0) is 37.8 Å². The summed E-state index contributed by atoms with van der Waals surface area (Å²) in [6.45, 7) is 2.76. The molecule has 0 aliphatic heterocycles. The molecule has 0 unspecified atom stereocenters. The first-order chi connectivity index (χ1) is 9.60. The second kappa shape index (κ2) is 6.94. The molecule has 20 heavy (non-hydrogen) atoms. The monoisotopic (exact) mass is 359 g/mol.